The molecule has 122 valence electrons. The Morgan fingerprint density at radius 2 is 1.96 bits per heavy atom. The summed E-state index contributed by atoms with van der Waals surface area (Å²) in [6.07, 6.45) is 1.50. The summed E-state index contributed by atoms with van der Waals surface area (Å²) < 4.78 is 15.8. The van der Waals surface area contributed by atoms with Crippen molar-refractivity contribution in [3.8, 4) is 5.69 Å². The van der Waals surface area contributed by atoms with Gasteiger partial charge < -0.3 is 5.32 Å². The smallest absolute Gasteiger partial charge is 0.259 e. The molecule has 0 unspecified atom stereocenters. The molecule has 3 rings (SSSR count). The van der Waals surface area contributed by atoms with Crippen molar-refractivity contribution < 1.29 is 9.18 Å². The summed E-state index contributed by atoms with van der Waals surface area (Å²) >= 11 is 9.11. The van der Waals surface area contributed by atoms with E-state index in [2.05, 4.69) is 26.3 Å². The number of amides is 1. The zero-order valence-corrected chi connectivity index (χ0v) is 14.9. The van der Waals surface area contributed by atoms with E-state index < -0.39 is 5.82 Å². The van der Waals surface area contributed by atoms with Gasteiger partial charge in [0.15, 0.2) is 0 Å². The summed E-state index contributed by atoms with van der Waals surface area (Å²) in [5.74, 6) is -0.868. The molecule has 0 aliphatic carbocycles. The number of nitrogens with one attached hydrogen (secondary N) is 1. The number of aromatic nitrogens is 2. The summed E-state index contributed by atoms with van der Waals surface area (Å²) in [7, 11) is 0. The minimum Gasteiger partial charge on any atom is -0.322 e. The average molecular weight is 409 g/mol. The fourth-order valence-electron chi connectivity index (χ4n) is 2.25. The van der Waals surface area contributed by atoms with Gasteiger partial charge in [-0.2, -0.15) is 5.10 Å². The van der Waals surface area contributed by atoms with Crippen molar-refractivity contribution >= 4 is 39.1 Å². The van der Waals surface area contributed by atoms with Crippen LogP contribution < -0.4 is 5.32 Å². The van der Waals surface area contributed by atoms with Crippen molar-refractivity contribution in [2.75, 3.05) is 5.32 Å². The molecule has 0 saturated heterocycles. The molecular formula is C17H12BrClFN3O. The van der Waals surface area contributed by atoms with Crippen LogP contribution in [0.1, 0.15) is 16.1 Å². The third-order valence-corrected chi connectivity index (χ3v) is 4.32. The van der Waals surface area contributed by atoms with E-state index >= 15 is 0 Å². The van der Waals surface area contributed by atoms with Crippen LogP contribution in [0.25, 0.3) is 5.69 Å². The highest BCUT2D eigenvalue weighted by molar-refractivity contribution is 9.10. The molecule has 0 saturated carbocycles. The summed E-state index contributed by atoms with van der Waals surface area (Å²) in [4.78, 5) is 12.4. The van der Waals surface area contributed by atoms with Crippen LogP contribution in [0, 0.1) is 12.7 Å². The molecule has 0 bridgehead atoms. The number of halogens is 3. The molecule has 1 aromatic heterocycles. The molecule has 2 aromatic carbocycles. The minimum atomic E-state index is -0.533. The molecule has 4 nitrogen and oxygen atoms in total. The van der Waals surface area contributed by atoms with Crippen molar-refractivity contribution in [1.82, 2.24) is 9.78 Å². The zero-order chi connectivity index (χ0) is 17.3. The lowest BCUT2D eigenvalue weighted by atomic mass is 10.2. The van der Waals surface area contributed by atoms with Crippen LogP contribution in [0.2, 0.25) is 5.02 Å². The number of benzene rings is 2. The topological polar surface area (TPSA) is 46.9 Å². The van der Waals surface area contributed by atoms with Gasteiger partial charge in [-0.15, -0.1) is 0 Å². The van der Waals surface area contributed by atoms with Crippen molar-refractivity contribution in [2.45, 2.75) is 6.92 Å². The van der Waals surface area contributed by atoms with Gasteiger partial charge in [0, 0.05) is 10.2 Å². The lowest BCUT2D eigenvalue weighted by Crippen LogP contribution is -2.13. The highest BCUT2D eigenvalue weighted by Gasteiger charge is 2.15. The normalized spacial score (nSPS) is 10.7. The van der Waals surface area contributed by atoms with Gasteiger partial charge in [0.25, 0.3) is 5.91 Å². The van der Waals surface area contributed by atoms with Crippen LogP contribution in [0.4, 0.5) is 10.1 Å². The molecule has 0 spiro atoms. The maximum absolute atomic E-state index is 13.2. The van der Waals surface area contributed by atoms with E-state index in [1.807, 2.05) is 31.2 Å². The monoisotopic (exact) mass is 407 g/mol. The summed E-state index contributed by atoms with van der Waals surface area (Å²) in [6, 6.07) is 11.6. The maximum atomic E-state index is 13.2. The van der Waals surface area contributed by atoms with E-state index in [4.69, 9.17) is 11.6 Å². The molecule has 0 atom stereocenters. The first-order chi connectivity index (χ1) is 11.5. The largest absolute Gasteiger partial charge is 0.322 e. The van der Waals surface area contributed by atoms with Gasteiger partial charge in [-0.05, 0) is 49.4 Å². The molecule has 0 aliphatic rings. The first-order valence-corrected chi connectivity index (χ1v) is 8.20. The van der Waals surface area contributed by atoms with Crippen LogP contribution in [0.3, 0.4) is 0 Å². The predicted molar refractivity (Wildman–Crippen MR) is 95.4 cm³/mol. The molecule has 1 N–H and O–H groups in total. The van der Waals surface area contributed by atoms with E-state index in [0.29, 0.717) is 16.9 Å². The number of carbonyl (C=O) groups is 1. The maximum Gasteiger partial charge on any atom is 0.259 e. The van der Waals surface area contributed by atoms with Crippen molar-refractivity contribution in [3.63, 3.8) is 0 Å². The van der Waals surface area contributed by atoms with Crippen LogP contribution in [-0.4, -0.2) is 15.7 Å². The van der Waals surface area contributed by atoms with E-state index in [-0.39, 0.29) is 10.9 Å². The van der Waals surface area contributed by atoms with Crippen LogP contribution >= 0.6 is 27.5 Å². The van der Waals surface area contributed by atoms with Gasteiger partial charge in [0.05, 0.1) is 28.2 Å². The van der Waals surface area contributed by atoms with Gasteiger partial charge in [-0.3, -0.25) is 4.79 Å². The molecule has 1 heterocycles. The van der Waals surface area contributed by atoms with Gasteiger partial charge >= 0.3 is 0 Å². The van der Waals surface area contributed by atoms with Crippen LogP contribution in [-0.2, 0) is 0 Å². The number of anilines is 1. The molecule has 3 aromatic rings. The molecule has 1 amide bonds. The lowest BCUT2D eigenvalue weighted by Gasteiger charge is -2.07. The Hall–Kier alpha value is -2.18. The van der Waals surface area contributed by atoms with Gasteiger partial charge in [0.1, 0.15) is 5.82 Å². The van der Waals surface area contributed by atoms with Crippen molar-refractivity contribution in [1.29, 1.82) is 0 Å². The summed E-state index contributed by atoms with van der Waals surface area (Å²) in [5.41, 5.74) is 2.39. The predicted octanol–water partition coefficient (Wildman–Crippen LogP) is 4.99. The van der Waals surface area contributed by atoms with Crippen LogP contribution in [0.15, 0.2) is 53.1 Å². The second-order valence-electron chi connectivity index (χ2n) is 5.11. The molecule has 7 heteroatoms. The van der Waals surface area contributed by atoms with E-state index in [1.165, 1.54) is 24.4 Å². The first kappa shape index (κ1) is 16.7. The van der Waals surface area contributed by atoms with Gasteiger partial charge in [0.2, 0.25) is 0 Å². The van der Waals surface area contributed by atoms with Crippen LogP contribution in [0.5, 0.6) is 0 Å². The highest BCUT2D eigenvalue weighted by Crippen LogP contribution is 2.21. The Kier molecular flexibility index (Phi) is 4.69. The molecule has 24 heavy (non-hydrogen) atoms. The quantitative estimate of drug-likeness (QED) is 0.664. The van der Waals surface area contributed by atoms with Crippen molar-refractivity contribution in [3.05, 3.63) is 75.2 Å². The third-order valence-electron chi connectivity index (χ3n) is 3.50. The molecule has 0 aliphatic heterocycles. The molecular weight excluding hydrogens is 397 g/mol. The number of rotatable bonds is 3. The minimum absolute atomic E-state index is 0.0462. The Morgan fingerprint density at radius 3 is 2.62 bits per heavy atom. The third kappa shape index (κ3) is 3.34. The lowest BCUT2D eigenvalue weighted by molar-refractivity contribution is 0.102. The SMILES string of the molecule is Cc1c(C(=O)Nc2ccc(F)c(Cl)c2)cnn1-c1ccc(Br)cc1. The second kappa shape index (κ2) is 6.75. The average Bonchev–Trinajstić information content (AvgIpc) is 2.93. The van der Waals surface area contributed by atoms with Crippen molar-refractivity contribution in [2.24, 2.45) is 0 Å². The highest BCUT2D eigenvalue weighted by atomic mass is 79.9. The summed E-state index contributed by atoms with van der Waals surface area (Å²) in [5, 5.41) is 6.91. The fraction of sp³-hybridized carbons (Fsp3) is 0.0588. The standard InChI is InChI=1S/C17H12BrClFN3O/c1-10-14(9-21-23(10)13-5-2-11(18)3-6-13)17(24)22-12-4-7-16(20)15(19)8-12/h2-9H,1H3,(H,22,24). The number of nitrogens with zero attached hydrogens (tertiary/aromatic N) is 2. The molecule has 0 fully saturated rings. The van der Waals surface area contributed by atoms with E-state index in [9.17, 15) is 9.18 Å². The van der Waals surface area contributed by atoms with Gasteiger partial charge in [-0.25, -0.2) is 9.07 Å². The van der Waals surface area contributed by atoms with E-state index in [0.717, 1.165) is 10.2 Å². The number of hydrogen-bond donors (Lipinski definition) is 1. The second-order valence-corrected chi connectivity index (χ2v) is 6.44. The molecule has 0 radical (unpaired) electrons. The summed E-state index contributed by atoms with van der Waals surface area (Å²) in [6.45, 7) is 1.81. The van der Waals surface area contributed by atoms with E-state index in [1.54, 1.807) is 4.68 Å². The fourth-order valence-corrected chi connectivity index (χ4v) is 2.69. The van der Waals surface area contributed by atoms with Gasteiger partial charge in [-0.1, -0.05) is 27.5 Å². The Balaban J connectivity index is 1.85. The Morgan fingerprint density at radius 1 is 1.25 bits per heavy atom. The first-order valence-electron chi connectivity index (χ1n) is 7.02. The Bertz CT molecular complexity index is 909. The Labute approximate surface area is 151 Å². The number of hydrogen-bond acceptors (Lipinski definition) is 2. The number of carbonyl (C=O) groups excluding carboxylic acids is 1. The zero-order valence-electron chi connectivity index (χ0n) is 12.6.